The van der Waals surface area contributed by atoms with Crippen molar-refractivity contribution in [3.63, 3.8) is 0 Å². The van der Waals surface area contributed by atoms with Crippen LogP contribution in [0.25, 0.3) is 0 Å². The van der Waals surface area contributed by atoms with Gasteiger partial charge in [-0.1, -0.05) is 29.3 Å². The van der Waals surface area contributed by atoms with Crippen molar-refractivity contribution in [2.45, 2.75) is 45.2 Å². The van der Waals surface area contributed by atoms with Crippen LogP contribution in [0.2, 0.25) is 0 Å². The Morgan fingerprint density at radius 3 is 2.86 bits per heavy atom. The van der Waals surface area contributed by atoms with E-state index in [1.165, 1.54) is 43.5 Å². The standard InChI is InChI=1S/C17H27BrN2O/c1-3-4-10-20(16-6-7-16)17-8-5-15(18)12-14(17)13-19-9-11-21-2/h5,8,12,16,19H,3-4,6-7,9-11,13H2,1-2H3. The van der Waals surface area contributed by atoms with Crippen LogP contribution >= 0.6 is 15.9 Å². The molecule has 0 bridgehead atoms. The number of anilines is 1. The molecule has 0 atom stereocenters. The molecular weight excluding hydrogens is 328 g/mol. The summed E-state index contributed by atoms with van der Waals surface area (Å²) in [6, 6.07) is 7.44. The molecule has 1 saturated carbocycles. The van der Waals surface area contributed by atoms with Gasteiger partial charge in [-0.25, -0.2) is 0 Å². The Labute approximate surface area is 137 Å². The van der Waals surface area contributed by atoms with Gasteiger partial charge < -0.3 is 15.0 Å². The van der Waals surface area contributed by atoms with Gasteiger partial charge in [0.1, 0.15) is 0 Å². The Kier molecular flexibility index (Phi) is 7.00. The van der Waals surface area contributed by atoms with Crippen LogP contribution in [-0.4, -0.2) is 32.8 Å². The molecule has 0 amide bonds. The first-order valence-electron chi connectivity index (χ1n) is 8.01. The first-order valence-corrected chi connectivity index (χ1v) is 8.80. The minimum atomic E-state index is 0.755. The van der Waals surface area contributed by atoms with E-state index in [1.807, 2.05) is 0 Å². The molecule has 0 aromatic heterocycles. The van der Waals surface area contributed by atoms with E-state index in [-0.39, 0.29) is 0 Å². The fourth-order valence-electron chi connectivity index (χ4n) is 2.59. The largest absolute Gasteiger partial charge is 0.383 e. The molecule has 0 heterocycles. The first-order chi connectivity index (χ1) is 10.3. The van der Waals surface area contributed by atoms with E-state index in [1.54, 1.807) is 7.11 Å². The maximum Gasteiger partial charge on any atom is 0.0587 e. The molecular formula is C17H27BrN2O. The van der Waals surface area contributed by atoms with E-state index < -0.39 is 0 Å². The lowest BCUT2D eigenvalue weighted by Crippen LogP contribution is -2.29. The number of unbranched alkanes of at least 4 members (excludes halogenated alkanes) is 1. The fraction of sp³-hybridized carbons (Fsp3) is 0.647. The van der Waals surface area contributed by atoms with Crippen molar-refractivity contribution in [1.29, 1.82) is 0 Å². The van der Waals surface area contributed by atoms with E-state index in [0.29, 0.717) is 0 Å². The number of benzene rings is 1. The Balaban J connectivity index is 2.08. The molecule has 0 radical (unpaired) electrons. The van der Waals surface area contributed by atoms with Crippen LogP contribution < -0.4 is 10.2 Å². The summed E-state index contributed by atoms with van der Waals surface area (Å²) in [7, 11) is 1.74. The summed E-state index contributed by atoms with van der Waals surface area (Å²) in [6.45, 7) is 5.98. The van der Waals surface area contributed by atoms with Gasteiger partial charge in [0.25, 0.3) is 0 Å². The highest BCUT2D eigenvalue weighted by molar-refractivity contribution is 9.10. The van der Waals surface area contributed by atoms with Gasteiger partial charge in [0.05, 0.1) is 6.61 Å². The average Bonchev–Trinajstić information content (AvgIpc) is 3.30. The Bertz CT molecular complexity index is 435. The van der Waals surface area contributed by atoms with Gasteiger partial charge in [-0.05, 0) is 43.0 Å². The lowest BCUT2D eigenvalue weighted by Gasteiger charge is -2.27. The zero-order valence-corrected chi connectivity index (χ0v) is 14.8. The number of nitrogens with zero attached hydrogens (tertiary/aromatic N) is 1. The Hall–Kier alpha value is -0.580. The lowest BCUT2D eigenvalue weighted by atomic mass is 10.1. The van der Waals surface area contributed by atoms with Crippen molar-refractivity contribution in [2.24, 2.45) is 0 Å². The molecule has 1 fully saturated rings. The maximum absolute atomic E-state index is 5.10. The topological polar surface area (TPSA) is 24.5 Å². The molecule has 1 aliphatic carbocycles. The molecule has 0 unspecified atom stereocenters. The summed E-state index contributed by atoms with van der Waals surface area (Å²) in [5.74, 6) is 0. The summed E-state index contributed by atoms with van der Waals surface area (Å²) in [5, 5.41) is 3.47. The molecule has 118 valence electrons. The molecule has 1 aliphatic rings. The zero-order valence-electron chi connectivity index (χ0n) is 13.2. The smallest absolute Gasteiger partial charge is 0.0587 e. The van der Waals surface area contributed by atoms with Crippen LogP contribution in [0.4, 0.5) is 5.69 Å². The number of rotatable bonds is 10. The van der Waals surface area contributed by atoms with Crippen LogP contribution in [0.1, 0.15) is 38.2 Å². The number of halogens is 1. The molecule has 0 saturated heterocycles. The fourth-order valence-corrected chi connectivity index (χ4v) is 3.00. The predicted octanol–water partition coefficient (Wildman–Crippen LogP) is 3.95. The predicted molar refractivity (Wildman–Crippen MR) is 93.0 cm³/mol. The summed E-state index contributed by atoms with van der Waals surface area (Å²) in [4.78, 5) is 2.61. The number of ether oxygens (including phenoxy) is 1. The highest BCUT2D eigenvalue weighted by Crippen LogP contribution is 2.35. The third kappa shape index (κ3) is 5.28. The highest BCUT2D eigenvalue weighted by Gasteiger charge is 2.29. The van der Waals surface area contributed by atoms with E-state index in [4.69, 9.17) is 4.74 Å². The van der Waals surface area contributed by atoms with Crippen molar-refractivity contribution in [3.8, 4) is 0 Å². The summed E-state index contributed by atoms with van der Waals surface area (Å²) in [5.41, 5.74) is 2.78. The van der Waals surface area contributed by atoms with Crippen LogP contribution in [0.5, 0.6) is 0 Å². The van der Waals surface area contributed by atoms with Gasteiger partial charge >= 0.3 is 0 Å². The first kappa shape index (κ1) is 16.8. The number of hydrogen-bond donors (Lipinski definition) is 1. The molecule has 21 heavy (non-hydrogen) atoms. The maximum atomic E-state index is 5.10. The van der Waals surface area contributed by atoms with Gasteiger partial charge in [0.15, 0.2) is 0 Å². The Morgan fingerprint density at radius 2 is 2.19 bits per heavy atom. The van der Waals surface area contributed by atoms with Crippen molar-refractivity contribution >= 4 is 21.6 Å². The Morgan fingerprint density at radius 1 is 1.38 bits per heavy atom. The molecule has 1 aromatic carbocycles. The van der Waals surface area contributed by atoms with Crippen LogP contribution in [0, 0.1) is 0 Å². The van der Waals surface area contributed by atoms with E-state index in [9.17, 15) is 0 Å². The number of nitrogens with one attached hydrogen (secondary N) is 1. The summed E-state index contributed by atoms with van der Waals surface area (Å²) >= 11 is 3.60. The van der Waals surface area contributed by atoms with Gasteiger partial charge in [0, 0.05) is 42.9 Å². The van der Waals surface area contributed by atoms with Gasteiger partial charge in [-0.2, -0.15) is 0 Å². The second-order valence-electron chi connectivity index (χ2n) is 5.72. The second-order valence-corrected chi connectivity index (χ2v) is 6.64. The minimum absolute atomic E-state index is 0.755. The molecule has 3 nitrogen and oxygen atoms in total. The van der Waals surface area contributed by atoms with Crippen LogP contribution in [-0.2, 0) is 11.3 Å². The quantitative estimate of drug-likeness (QED) is 0.643. The van der Waals surface area contributed by atoms with Crippen LogP contribution in [0.15, 0.2) is 22.7 Å². The van der Waals surface area contributed by atoms with Crippen molar-refractivity contribution < 1.29 is 4.74 Å². The molecule has 2 rings (SSSR count). The van der Waals surface area contributed by atoms with E-state index in [0.717, 1.165) is 30.2 Å². The van der Waals surface area contributed by atoms with Crippen molar-refractivity contribution in [1.82, 2.24) is 5.32 Å². The monoisotopic (exact) mass is 354 g/mol. The lowest BCUT2D eigenvalue weighted by molar-refractivity contribution is 0.199. The highest BCUT2D eigenvalue weighted by atomic mass is 79.9. The van der Waals surface area contributed by atoms with E-state index >= 15 is 0 Å². The van der Waals surface area contributed by atoms with Gasteiger partial charge in [-0.3, -0.25) is 0 Å². The van der Waals surface area contributed by atoms with Gasteiger partial charge in [0.2, 0.25) is 0 Å². The summed E-state index contributed by atoms with van der Waals surface area (Å²) < 4.78 is 6.25. The normalized spacial score (nSPS) is 14.4. The molecule has 4 heteroatoms. The SMILES string of the molecule is CCCCN(c1ccc(Br)cc1CNCCOC)C1CC1. The number of hydrogen-bond acceptors (Lipinski definition) is 3. The third-order valence-corrected chi connectivity index (χ3v) is 4.38. The van der Waals surface area contributed by atoms with Crippen molar-refractivity contribution in [3.05, 3.63) is 28.2 Å². The molecule has 1 aromatic rings. The van der Waals surface area contributed by atoms with Gasteiger partial charge in [-0.15, -0.1) is 0 Å². The molecule has 1 N–H and O–H groups in total. The number of methoxy groups -OCH3 is 1. The minimum Gasteiger partial charge on any atom is -0.383 e. The van der Waals surface area contributed by atoms with E-state index in [2.05, 4.69) is 51.3 Å². The summed E-state index contributed by atoms with van der Waals surface area (Å²) in [6.07, 6.45) is 5.21. The van der Waals surface area contributed by atoms with Crippen LogP contribution in [0.3, 0.4) is 0 Å². The molecule has 0 aliphatic heterocycles. The zero-order chi connectivity index (χ0) is 15.1. The van der Waals surface area contributed by atoms with Crippen molar-refractivity contribution in [2.75, 3.05) is 31.7 Å². The average molecular weight is 355 g/mol. The molecule has 0 spiro atoms. The third-order valence-electron chi connectivity index (χ3n) is 3.89. The second kappa shape index (κ2) is 8.76.